The van der Waals surface area contributed by atoms with E-state index in [9.17, 15) is 0 Å². The summed E-state index contributed by atoms with van der Waals surface area (Å²) in [6.45, 7) is 2.86. The van der Waals surface area contributed by atoms with Crippen molar-refractivity contribution in [2.75, 3.05) is 0 Å². The summed E-state index contributed by atoms with van der Waals surface area (Å²) < 4.78 is 1.93. The summed E-state index contributed by atoms with van der Waals surface area (Å²) in [4.78, 5) is 3.70. The quantitative estimate of drug-likeness (QED) is 0.705. The fourth-order valence-electron chi connectivity index (χ4n) is 0.872. The van der Waals surface area contributed by atoms with Gasteiger partial charge in [0.1, 0.15) is 4.83 Å². The van der Waals surface area contributed by atoms with Gasteiger partial charge < -0.3 is 4.57 Å². The van der Waals surface area contributed by atoms with Crippen LogP contribution in [0.2, 0.25) is 0 Å². The van der Waals surface area contributed by atoms with Gasteiger partial charge in [0.25, 0.3) is 0 Å². The first-order valence-corrected chi connectivity index (χ1v) is 4.25. The Morgan fingerprint density at radius 1 is 1.91 bits per heavy atom. The molecule has 0 aliphatic rings. The molecule has 1 heterocycles. The predicted octanol–water partition coefficient (Wildman–Crippen LogP) is 1.86. The van der Waals surface area contributed by atoms with E-state index in [1.807, 2.05) is 11.5 Å². The lowest BCUT2D eigenvalue weighted by atomic mass is 10.3. The van der Waals surface area contributed by atoms with Crippen molar-refractivity contribution in [3.05, 3.63) is 18.2 Å². The third-order valence-electron chi connectivity index (χ3n) is 1.46. The number of hydrogen-bond donors (Lipinski definition) is 0. The van der Waals surface area contributed by atoms with Gasteiger partial charge in [-0.05, 0) is 6.92 Å². The van der Waals surface area contributed by atoms with Crippen LogP contribution >= 0.6 is 15.9 Å². The van der Waals surface area contributed by atoms with Crippen molar-refractivity contribution in [2.24, 2.45) is 0 Å². The fraction of sp³-hybridized carbons (Fsp3) is 0.429. The molecule has 11 heavy (non-hydrogen) atoms. The van der Waals surface area contributed by atoms with E-state index >= 15 is 0 Å². The molecule has 1 atom stereocenters. The van der Waals surface area contributed by atoms with Gasteiger partial charge in [-0.15, -0.1) is 0 Å². The van der Waals surface area contributed by atoms with Gasteiger partial charge in [-0.1, -0.05) is 15.9 Å². The Kier molecular flexibility index (Phi) is 2.66. The molecule has 0 spiro atoms. The summed E-state index contributed by atoms with van der Waals surface area (Å²) in [6, 6.07) is 2.10. The molecule has 0 aliphatic carbocycles. The second-order valence-corrected chi connectivity index (χ2v) is 3.01. The second kappa shape index (κ2) is 3.54. The van der Waals surface area contributed by atoms with Crippen LogP contribution < -0.4 is 0 Å². The zero-order valence-electron chi connectivity index (χ0n) is 6.16. The van der Waals surface area contributed by atoms with E-state index in [4.69, 9.17) is 5.26 Å². The molecule has 58 valence electrons. The summed E-state index contributed by atoms with van der Waals surface area (Å²) in [5, 5.41) is 8.59. The van der Waals surface area contributed by atoms with Crippen molar-refractivity contribution in [3.63, 3.8) is 0 Å². The van der Waals surface area contributed by atoms with Crippen LogP contribution in [0.3, 0.4) is 0 Å². The molecule has 3 nitrogen and oxygen atoms in total. The summed E-state index contributed by atoms with van der Waals surface area (Å²) in [5.74, 6) is 0. The number of alkyl halides is 1. The van der Waals surface area contributed by atoms with Gasteiger partial charge in [-0.25, -0.2) is 4.98 Å². The minimum Gasteiger partial charge on any atom is -0.333 e. The second-order valence-electron chi connectivity index (χ2n) is 2.10. The van der Waals surface area contributed by atoms with Gasteiger partial charge in [0.2, 0.25) is 0 Å². The first-order valence-electron chi connectivity index (χ1n) is 3.33. The molecule has 0 fully saturated rings. The van der Waals surface area contributed by atoms with Gasteiger partial charge in [0.05, 0.1) is 24.3 Å². The standard InChI is InChI=1S/C7H8BrN3/c1-2-11-5-10-4-7(11)6(8)3-9/h4-6H,2H2,1H3. The topological polar surface area (TPSA) is 41.6 Å². The molecule has 0 aliphatic heterocycles. The molecule has 0 radical (unpaired) electrons. The van der Waals surface area contributed by atoms with E-state index in [1.165, 1.54) is 0 Å². The number of nitrogens with zero attached hydrogens (tertiary/aromatic N) is 3. The highest BCUT2D eigenvalue weighted by Crippen LogP contribution is 2.20. The first kappa shape index (κ1) is 8.28. The van der Waals surface area contributed by atoms with Crippen LogP contribution in [0.25, 0.3) is 0 Å². The van der Waals surface area contributed by atoms with Crippen LogP contribution in [0.15, 0.2) is 12.5 Å². The molecular formula is C7H8BrN3. The van der Waals surface area contributed by atoms with Gasteiger partial charge in [-0.3, -0.25) is 0 Å². The lowest BCUT2D eigenvalue weighted by Gasteiger charge is -2.03. The lowest BCUT2D eigenvalue weighted by Crippen LogP contribution is -1.99. The van der Waals surface area contributed by atoms with Crippen molar-refractivity contribution in [3.8, 4) is 6.07 Å². The number of hydrogen-bond acceptors (Lipinski definition) is 2. The van der Waals surface area contributed by atoms with Gasteiger partial charge in [0, 0.05) is 6.54 Å². The molecule has 1 aromatic rings. The number of halogens is 1. The van der Waals surface area contributed by atoms with Crippen molar-refractivity contribution in [2.45, 2.75) is 18.3 Å². The highest BCUT2D eigenvalue weighted by atomic mass is 79.9. The molecule has 0 saturated heterocycles. The predicted molar refractivity (Wildman–Crippen MR) is 45.2 cm³/mol. The molecule has 0 bridgehead atoms. The van der Waals surface area contributed by atoms with Crippen LogP contribution in [0, 0.1) is 11.3 Å². The number of aryl methyl sites for hydroxylation is 1. The maximum atomic E-state index is 8.59. The smallest absolute Gasteiger partial charge is 0.143 e. The summed E-state index contributed by atoms with van der Waals surface area (Å²) in [6.07, 6.45) is 3.42. The third-order valence-corrected chi connectivity index (χ3v) is 2.13. The molecule has 0 amide bonds. The largest absolute Gasteiger partial charge is 0.333 e. The monoisotopic (exact) mass is 213 g/mol. The highest BCUT2D eigenvalue weighted by molar-refractivity contribution is 9.09. The highest BCUT2D eigenvalue weighted by Gasteiger charge is 2.09. The Hall–Kier alpha value is -0.820. The maximum absolute atomic E-state index is 8.59. The number of rotatable bonds is 2. The molecule has 0 saturated carbocycles. The Morgan fingerprint density at radius 2 is 2.64 bits per heavy atom. The summed E-state index contributed by atoms with van der Waals surface area (Å²) in [7, 11) is 0. The lowest BCUT2D eigenvalue weighted by molar-refractivity contribution is 0.726. The zero-order valence-corrected chi connectivity index (χ0v) is 7.74. The number of imidazole rings is 1. The van der Waals surface area contributed by atoms with Crippen molar-refractivity contribution >= 4 is 15.9 Å². The van der Waals surface area contributed by atoms with E-state index < -0.39 is 0 Å². The average molecular weight is 214 g/mol. The minimum atomic E-state index is -0.245. The van der Waals surface area contributed by atoms with Gasteiger partial charge in [-0.2, -0.15) is 5.26 Å². The SMILES string of the molecule is CCn1cncc1C(Br)C#N. The Balaban J connectivity index is 2.94. The van der Waals surface area contributed by atoms with Crippen LogP contribution in [0.5, 0.6) is 0 Å². The zero-order chi connectivity index (χ0) is 8.27. The molecule has 0 aromatic carbocycles. The average Bonchev–Trinajstić information content (AvgIpc) is 2.50. The van der Waals surface area contributed by atoms with E-state index in [1.54, 1.807) is 12.5 Å². The Morgan fingerprint density at radius 3 is 3.18 bits per heavy atom. The molecule has 1 rings (SSSR count). The Bertz CT molecular complexity index is 273. The number of nitriles is 1. The van der Waals surface area contributed by atoms with Crippen LogP contribution in [0.1, 0.15) is 17.4 Å². The molecular weight excluding hydrogens is 206 g/mol. The third kappa shape index (κ3) is 1.60. The fourth-order valence-corrected chi connectivity index (χ4v) is 1.25. The minimum absolute atomic E-state index is 0.245. The van der Waals surface area contributed by atoms with E-state index in [2.05, 4.69) is 27.0 Å². The number of aromatic nitrogens is 2. The van der Waals surface area contributed by atoms with E-state index in [-0.39, 0.29) is 4.83 Å². The summed E-state index contributed by atoms with van der Waals surface area (Å²) >= 11 is 3.23. The molecule has 1 aromatic heterocycles. The van der Waals surface area contributed by atoms with E-state index in [0.29, 0.717) is 0 Å². The van der Waals surface area contributed by atoms with Crippen LogP contribution in [-0.4, -0.2) is 9.55 Å². The van der Waals surface area contributed by atoms with Gasteiger partial charge >= 0.3 is 0 Å². The van der Waals surface area contributed by atoms with E-state index in [0.717, 1.165) is 12.2 Å². The normalized spacial score (nSPS) is 12.5. The van der Waals surface area contributed by atoms with Crippen LogP contribution in [0.4, 0.5) is 0 Å². The molecule has 1 unspecified atom stereocenters. The first-order chi connectivity index (χ1) is 5.29. The van der Waals surface area contributed by atoms with Gasteiger partial charge in [0.15, 0.2) is 0 Å². The maximum Gasteiger partial charge on any atom is 0.143 e. The molecule has 4 heteroatoms. The van der Waals surface area contributed by atoms with Crippen LogP contribution in [-0.2, 0) is 6.54 Å². The van der Waals surface area contributed by atoms with Crippen molar-refractivity contribution in [1.29, 1.82) is 5.26 Å². The van der Waals surface area contributed by atoms with Crippen molar-refractivity contribution in [1.82, 2.24) is 9.55 Å². The molecule has 0 N–H and O–H groups in total. The van der Waals surface area contributed by atoms with Crippen molar-refractivity contribution < 1.29 is 0 Å². The summed E-state index contributed by atoms with van der Waals surface area (Å²) in [5.41, 5.74) is 0.912. The Labute approximate surface area is 73.8 Å².